The van der Waals surface area contributed by atoms with E-state index in [1.165, 1.54) is 18.3 Å². The number of pyridine rings is 1. The van der Waals surface area contributed by atoms with Crippen LogP contribution in [0, 0.1) is 5.82 Å². The maximum atomic E-state index is 13.1. The summed E-state index contributed by atoms with van der Waals surface area (Å²) in [6.45, 7) is 1.46. The lowest BCUT2D eigenvalue weighted by atomic mass is 9.98. The molecule has 3 nitrogen and oxygen atoms in total. The normalized spacial score (nSPS) is 15.4. The van der Waals surface area contributed by atoms with Gasteiger partial charge >= 0.3 is 0 Å². The number of aliphatic hydroxyl groups excluding tert-OH is 1. The van der Waals surface area contributed by atoms with Crippen molar-refractivity contribution in [3.63, 3.8) is 0 Å². The van der Waals surface area contributed by atoms with Crippen molar-refractivity contribution in [1.82, 2.24) is 4.98 Å². The van der Waals surface area contributed by atoms with Gasteiger partial charge in [0.05, 0.1) is 12.3 Å². The number of nitrogens with zero attached hydrogens (tertiary/aromatic N) is 1. The van der Waals surface area contributed by atoms with Crippen LogP contribution in [0.3, 0.4) is 0 Å². The van der Waals surface area contributed by atoms with Gasteiger partial charge < -0.3 is 10.8 Å². The lowest BCUT2D eigenvalue weighted by Gasteiger charge is -2.20. The Kier molecular flexibility index (Phi) is 2.95. The van der Waals surface area contributed by atoms with Gasteiger partial charge in [-0.15, -0.1) is 0 Å². The average Bonchev–Trinajstić information content (AvgIpc) is 2.09. The summed E-state index contributed by atoms with van der Waals surface area (Å²) in [6, 6.07) is 2.85. The van der Waals surface area contributed by atoms with Crippen molar-refractivity contribution < 1.29 is 9.50 Å². The summed E-state index contributed by atoms with van der Waals surface area (Å²) in [4.78, 5) is 3.85. The molecule has 0 radical (unpaired) electrons. The zero-order valence-electron chi connectivity index (χ0n) is 7.50. The molecule has 1 aromatic rings. The largest absolute Gasteiger partial charge is 0.394 e. The number of aromatic nitrogens is 1. The van der Waals surface area contributed by atoms with E-state index in [1.807, 2.05) is 0 Å². The van der Waals surface area contributed by atoms with Gasteiger partial charge in [-0.05, 0) is 19.1 Å². The molecule has 0 fully saturated rings. The van der Waals surface area contributed by atoms with Crippen molar-refractivity contribution in [3.05, 3.63) is 29.8 Å². The highest BCUT2D eigenvalue weighted by molar-refractivity contribution is 5.10. The van der Waals surface area contributed by atoms with Crippen LogP contribution < -0.4 is 5.73 Å². The van der Waals surface area contributed by atoms with E-state index in [9.17, 15) is 4.39 Å². The minimum absolute atomic E-state index is 0.191. The first kappa shape index (κ1) is 10.1. The lowest BCUT2D eigenvalue weighted by Crippen LogP contribution is -2.42. The van der Waals surface area contributed by atoms with Crippen LogP contribution in [0.1, 0.15) is 12.6 Å². The first-order chi connectivity index (χ1) is 6.05. The van der Waals surface area contributed by atoms with Gasteiger partial charge in [-0.3, -0.25) is 4.98 Å². The summed E-state index contributed by atoms with van der Waals surface area (Å²) in [5.74, 6) is -0.382. The average molecular weight is 184 g/mol. The molecule has 1 heterocycles. The molecule has 3 N–H and O–H groups in total. The smallest absolute Gasteiger partial charge is 0.144 e. The molecule has 1 aromatic heterocycles. The van der Waals surface area contributed by atoms with Crippen molar-refractivity contribution in [2.24, 2.45) is 5.73 Å². The highest BCUT2D eigenvalue weighted by Crippen LogP contribution is 2.10. The van der Waals surface area contributed by atoms with Gasteiger partial charge in [0.25, 0.3) is 0 Å². The summed E-state index contributed by atoms with van der Waals surface area (Å²) in [5.41, 5.74) is 5.14. The first-order valence-electron chi connectivity index (χ1n) is 4.04. The molecule has 72 valence electrons. The molecule has 0 saturated heterocycles. The second kappa shape index (κ2) is 3.81. The summed E-state index contributed by atoms with van der Waals surface area (Å²) < 4.78 is 13.1. The fourth-order valence-corrected chi connectivity index (χ4v) is 0.987. The predicted molar refractivity (Wildman–Crippen MR) is 47.6 cm³/mol. The van der Waals surface area contributed by atoms with Crippen LogP contribution >= 0.6 is 0 Å². The third kappa shape index (κ3) is 2.75. The van der Waals surface area contributed by atoms with E-state index >= 15 is 0 Å². The Hall–Kier alpha value is -1.00. The van der Waals surface area contributed by atoms with Crippen LogP contribution in [0.5, 0.6) is 0 Å². The van der Waals surface area contributed by atoms with Gasteiger partial charge in [0.2, 0.25) is 0 Å². The highest BCUT2D eigenvalue weighted by Gasteiger charge is 2.20. The zero-order chi connectivity index (χ0) is 9.90. The molecule has 4 heteroatoms. The molecule has 0 spiro atoms. The molecular weight excluding hydrogens is 171 g/mol. The Bertz CT molecular complexity index is 289. The minimum atomic E-state index is -0.810. The fraction of sp³-hybridized carbons (Fsp3) is 0.444. The van der Waals surface area contributed by atoms with E-state index in [1.54, 1.807) is 6.92 Å². The Morgan fingerprint density at radius 1 is 1.69 bits per heavy atom. The summed E-state index contributed by atoms with van der Waals surface area (Å²) >= 11 is 0. The van der Waals surface area contributed by atoms with Crippen molar-refractivity contribution in [3.8, 4) is 0 Å². The van der Waals surface area contributed by atoms with Crippen LogP contribution in [-0.4, -0.2) is 22.2 Å². The maximum Gasteiger partial charge on any atom is 0.144 e. The van der Waals surface area contributed by atoms with E-state index in [2.05, 4.69) is 4.98 Å². The van der Waals surface area contributed by atoms with E-state index in [4.69, 9.17) is 10.8 Å². The number of nitrogens with two attached hydrogens (primary N) is 1. The first-order valence-corrected chi connectivity index (χ1v) is 4.04. The monoisotopic (exact) mass is 184 g/mol. The summed E-state index contributed by atoms with van der Waals surface area (Å²) in [6.07, 6.45) is 1.74. The zero-order valence-corrected chi connectivity index (χ0v) is 7.50. The minimum Gasteiger partial charge on any atom is -0.394 e. The Morgan fingerprint density at radius 2 is 2.38 bits per heavy atom. The summed E-state index contributed by atoms with van der Waals surface area (Å²) in [5, 5.41) is 8.87. The van der Waals surface area contributed by atoms with Crippen LogP contribution in [0.4, 0.5) is 4.39 Å². The van der Waals surface area contributed by atoms with Crippen LogP contribution in [-0.2, 0) is 6.42 Å². The van der Waals surface area contributed by atoms with Crippen LogP contribution in [0.2, 0.25) is 0 Å². The van der Waals surface area contributed by atoms with Gasteiger partial charge in [-0.25, -0.2) is 4.39 Å². The number of halogens is 1. The van der Waals surface area contributed by atoms with Gasteiger partial charge in [-0.2, -0.15) is 0 Å². The molecule has 13 heavy (non-hydrogen) atoms. The summed E-state index contributed by atoms with van der Waals surface area (Å²) in [7, 11) is 0. The second-order valence-electron chi connectivity index (χ2n) is 3.42. The Labute approximate surface area is 76.4 Å². The number of hydrogen-bond donors (Lipinski definition) is 2. The topological polar surface area (TPSA) is 59.1 Å². The van der Waals surface area contributed by atoms with E-state index in [-0.39, 0.29) is 18.8 Å². The fourth-order valence-electron chi connectivity index (χ4n) is 0.987. The Balaban J connectivity index is 2.80. The van der Waals surface area contributed by atoms with E-state index in [0.717, 1.165) is 0 Å². The second-order valence-corrected chi connectivity index (χ2v) is 3.42. The third-order valence-electron chi connectivity index (χ3n) is 1.77. The van der Waals surface area contributed by atoms with Crippen molar-refractivity contribution in [1.29, 1.82) is 0 Å². The molecule has 0 aliphatic heterocycles. The maximum absolute atomic E-state index is 13.1. The van der Waals surface area contributed by atoms with E-state index < -0.39 is 5.54 Å². The van der Waals surface area contributed by atoms with E-state index in [0.29, 0.717) is 5.69 Å². The predicted octanol–water partition coefficient (Wildman–Crippen LogP) is 0.473. The quantitative estimate of drug-likeness (QED) is 0.718. The van der Waals surface area contributed by atoms with Crippen molar-refractivity contribution >= 4 is 0 Å². The molecule has 1 unspecified atom stereocenters. The number of rotatable bonds is 3. The number of aliphatic hydroxyl groups is 1. The standard InChI is InChI=1S/C9H13FN2O/c1-9(11,6-13)5-8-7(10)3-2-4-12-8/h2-4,13H,5-6,11H2,1H3. The van der Waals surface area contributed by atoms with Crippen LogP contribution in [0.25, 0.3) is 0 Å². The third-order valence-corrected chi connectivity index (χ3v) is 1.77. The van der Waals surface area contributed by atoms with Crippen LogP contribution in [0.15, 0.2) is 18.3 Å². The lowest BCUT2D eigenvalue weighted by molar-refractivity contribution is 0.206. The van der Waals surface area contributed by atoms with Gasteiger partial charge in [0.1, 0.15) is 5.82 Å². The van der Waals surface area contributed by atoms with Gasteiger partial charge in [0.15, 0.2) is 0 Å². The highest BCUT2D eigenvalue weighted by atomic mass is 19.1. The molecule has 0 aromatic carbocycles. The van der Waals surface area contributed by atoms with Crippen molar-refractivity contribution in [2.45, 2.75) is 18.9 Å². The van der Waals surface area contributed by atoms with Gasteiger partial charge in [0, 0.05) is 18.2 Å². The molecule has 0 aliphatic carbocycles. The molecule has 0 saturated carbocycles. The molecule has 1 atom stereocenters. The van der Waals surface area contributed by atoms with Crippen molar-refractivity contribution in [2.75, 3.05) is 6.61 Å². The molecule has 1 rings (SSSR count). The molecule has 0 aliphatic rings. The molecule has 0 amide bonds. The van der Waals surface area contributed by atoms with Gasteiger partial charge in [-0.1, -0.05) is 0 Å². The molecule has 0 bridgehead atoms. The molecular formula is C9H13FN2O. The Morgan fingerprint density at radius 3 is 2.92 bits per heavy atom. The number of hydrogen-bond acceptors (Lipinski definition) is 3. The SMILES string of the molecule is CC(N)(CO)Cc1ncccc1F.